The number of amides is 1. The van der Waals surface area contributed by atoms with Crippen molar-refractivity contribution in [2.24, 2.45) is 0 Å². The molecule has 0 aliphatic rings. The highest BCUT2D eigenvalue weighted by atomic mass is 16.3. The molecule has 0 rings (SSSR count). The quantitative estimate of drug-likeness (QED) is 0.0361. The summed E-state index contributed by atoms with van der Waals surface area (Å²) in [6, 6.07) is -0.820. The Morgan fingerprint density at radius 3 is 0.938 bits per heavy atom. The first kappa shape index (κ1) is 63.6. The lowest BCUT2D eigenvalue weighted by molar-refractivity contribution is -0.131. The molecule has 0 saturated heterocycles. The standard InChI is InChI=1S/C60H115NO4/c1-3-5-7-9-11-13-15-17-19-21-23-25-27-29-30-31-33-35-37-39-41-43-45-47-49-51-53-55-59(64)60(65)61-57(56-62)58(63)54-52-50-48-46-44-42-40-38-36-34-32-28-26-24-22-20-18-16-14-12-10-8-6-4-2/h36,38,44,46,52,54,57-59,62-64H,3-35,37,39-43,45,47-51,53,55-56H2,1-2H3,(H,61,65)/b38-36+,46-44+,54-52+. The Labute approximate surface area is 406 Å². The Hall–Kier alpha value is -1.43. The van der Waals surface area contributed by atoms with Crippen LogP contribution < -0.4 is 5.32 Å². The van der Waals surface area contributed by atoms with E-state index in [2.05, 4.69) is 43.5 Å². The summed E-state index contributed by atoms with van der Waals surface area (Å²) < 4.78 is 0. The monoisotopic (exact) mass is 914 g/mol. The zero-order valence-electron chi connectivity index (χ0n) is 43.9. The summed E-state index contributed by atoms with van der Waals surface area (Å²) in [5.74, 6) is -0.511. The van der Waals surface area contributed by atoms with Gasteiger partial charge in [0.2, 0.25) is 5.91 Å². The van der Waals surface area contributed by atoms with E-state index in [1.807, 2.05) is 6.08 Å². The van der Waals surface area contributed by atoms with Gasteiger partial charge in [-0.05, 0) is 44.9 Å². The van der Waals surface area contributed by atoms with Crippen molar-refractivity contribution >= 4 is 5.91 Å². The van der Waals surface area contributed by atoms with Gasteiger partial charge in [-0.3, -0.25) is 4.79 Å². The van der Waals surface area contributed by atoms with E-state index >= 15 is 0 Å². The highest BCUT2D eigenvalue weighted by molar-refractivity contribution is 5.80. The van der Waals surface area contributed by atoms with E-state index in [1.165, 1.54) is 250 Å². The summed E-state index contributed by atoms with van der Waals surface area (Å²) in [5.41, 5.74) is 0. The Morgan fingerprint density at radius 1 is 0.369 bits per heavy atom. The van der Waals surface area contributed by atoms with E-state index in [1.54, 1.807) is 6.08 Å². The number of carbonyl (C=O) groups excluding carboxylic acids is 1. The highest BCUT2D eigenvalue weighted by Crippen LogP contribution is 2.18. The van der Waals surface area contributed by atoms with Crippen molar-refractivity contribution in [2.45, 2.75) is 334 Å². The molecule has 0 aromatic heterocycles. The fourth-order valence-corrected chi connectivity index (χ4v) is 9.16. The van der Waals surface area contributed by atoms with Gasteiger partial charge in [-0.25, -0.2) is 0 Å². The van der Waals surface area contributed by atoms with Crippen LogP contribution in [0.25, 0.3) is 0 Å². The van der Waals surface area contributed by atoms with E-state index in [9.17, 15) is 20.1 Å². The van der Waals surface area contributed by atoms with E-state index in [-0.39, 0.29) is 6.61 Å². The Balaban J connectivity index is 3.59. The zero-order chi connectivity index (χ0) is 47.2. The molecule has 1 amide bonds. The lowest BCUT2D eigenvalue weighted by Gasteiger charge is -2.21. The first-order valence-electron chi connectivity index (χ1n) is 29.3. The minimum Gasteiger partial charge on any atom is -0.394 e. The lowest BCUT2D eigenvalue weighted by Crippen LogP contribution is -2.48. The van der Waals surface area contributed by atoms with Gasteiger partial charge >= 0.3 is 0 Å². The maximum absolute atomic E-state index is 12.6. The Bertz CT molecular complexity index is 1010. The van der Waals surface area contributed by atoms with Crippen molar-refractivity contribution in [1.82, 2.24) is 5.32 Å². The smallest absolute Gasteiger partial charge is 0.249 e. The van der Waals surface area contributed by atoms with Gasteiger partial charge in [0.1, 0.15) is 6.10 Å². The van der Waals surface area contributed by atoms with Gasteiger partial charge in [-0.1, -0.05) is 307 Å². The summed E-state index contributed by atoms with van der Waals surface area (Å²) in [7, 11) is 0. The van der Waals surface area contributed by atoms with Crippen LogP contribution in [0.4, 0.5) is 0 Å². The molecule has 3 unspecified atom stereocenters. The number of unbranched alkanes of at least 4 members (excludes halogenated alkanes) is 42. The molecule has 0 radical (unpaired) electrons. The van der Waals surface area contributed by atoms with Crippen LogP contribution in [0.1, 0.15) is 316 Å². The molecule has 0 bridgehead atoms. The molecule has 0 aromatic rings. The number of allylic oxidation sites excluding steroid dienone is 5. The van der Waals surface area contributed by atoms with Gasteiger partial charge in [0, 0.05) is 0 Å². The van der Waals surface area contributed by atoms with Crippen LogP contribution in [0.15, 0.2) is 36.5 Å². The molecule has 5 heteroatoms. The summed E-state index contributed by atoms with van der Waals surface area (Å²) in [6.45, 7) is 4.21. The number of nitrogens with one attached hydrogen (secondary N) is 1. The second-order valence-electron chi connectivity index (χ2n) is 20.2. The predicted molar refractivity (Wildman–Crippen MR) is 287 cm³/mol. The summed E-state index contributed by atoms with van der Waals surface area (Å²) in [4.78, 5) is 12.6. The largest absolute Gasteiger partial charge is 0.394 e. The van der Waals surface area contributed by atoms with Crippen LogP contribution in [-0.4, -0.2) is 46.1 Å². The number of hydrogen-bond donors (Lipinski definition) is 4. The molecule has 384 valence electrons. The minimum atomic E-state index is -1.11. The molecule has 0 fully saturated rings. The third-order valence-corrected chi connectivity index (χ3v) is 13.7. The molecule has 5 nitrogen and oxygen atoms in total. The van der Waals surface area contributed by atoms with Gasteiger partial charge in [-0.15, -0.1) is 0 Å². The molecule has 3 atom stereocenters. The molecule has 65 heavy (non-hydrogen) atoms. The highest BCUT2D eigenvalue weighted by Gasteiger charge is 2.22. The Morgan fingerprint density at radius 2 is 0.631 bits per heavy atom. The summed E-state index contributed by atoms with van der Waals surface area (Å²) >= 11 is 0. The number of rotatable bonds is 54. The Kier molecular flexibility index (Phi) is 54.0. The SMILES string of the molecule is CCCCCCCCCCCCCCCC/C=C/CC/C=C/CC/C=C/C(O)C(CO)NC(=O)C(O)CCCCCCCCCCCCCCCCCCCCCCCCCCCCC. The van der Waals surface area contributed by atoms with Crippen LogP contribution in [0.2, 0.25) is 0 Å². The van der Waals surface area contributed by atoms with Crippen molar-refractivity contribution in [1.29, 1.82) is 0 Å². The van der Waals surface area contributed by atoms with Crippen molar-refractivity contribution in [3.8, 4) is 0 Å². The molecule has 0 aromatic carbocycles. The van der Waals surface area contributed by atoms with Crippen LogP contribution in [-0.2, 0) is 4.79 Å². The molecule has 0 aliphatic carbocycles. The van der Waals surface area contributed by atoms with Gasteiger partial charge < -0.3 is 20.6 Å². The van der Waals surface area contributed by atoms with E-state index < -0.39 is 24.2 Å². The van der Waals surface area contributed by atoms with Gasteiger partial charge in [0.15, 0.2) is 0 Å². The van der Waals surface area contributed by atoms with Crippen molar-refractivity contribution < 1.29 is 20.1 Å². The number of hydrogen-bond acceptors (Lipinski definition) is 4. The molecule has 0 saturated carbocycles. The molecular weight excluding hydrogens is 799 g/mol. The minimum absolute atomic E-state index is 0.379. The van der Waals surface area contributed by atoms with Crippen molar-refractivity contribution in [2.75, 3.05) is 6.61 Å². The maximum atomic E-state index is 12.6. The predicted octanol–water partition coefficient (Wildman–Crippen LogP) is 18.2. The van der Waals surface area contributed by atoms with Crippen LogP contribution in [0.3, 0.4) is 0 Å². The summed E-state index contributed by atoms with van der Waals surface area (Å²) in [6.07, 6.45) is 72.4. The van der Waals surface area contributed by atoms with Gasteiger partial charge in [-0.2, -0.15) is 0 Å². The third kappa shape index (κ3) is 50.3. The van der Waals surface area contributed by atoms with Crippen molar-refractivity contribution in [3.63, 3.8) is 0 Å². The van der Waals surface area contributed by atoms with Crippen molar-refractivity contribution in [3.05, 3.63) is 36.5 Å². The van der Waals surface area contributed by atoms with Gasteiger partial charge in [0.05, 0.1) is 18.8 Å². The van der Waals surface area contributed by atoms with E-state index in [0.717, 1.165) is 44.9 Å². The second kappa shape index (κ2) is 55.2. The summed E-state index contributed by atoms with van der Waals surface area (Å²) in [5, 5.41) is 33.4. The topological polar surface area (TPSA) is 89.8 Å². The first-order valence-corrected chi connectivity index (χ1v) is 29.3. The number of aliphatic hydroxyl groups is 3. The first-order chi connectivity index (χ1) is 32.1. The maximum Gasteiger partial charge on any atom is 0.249 e. The fraction of sp³-hybridized carbons (Fsp3) is 0.883. The average Bonchev–Trinajstić information content (AvgIpc) is 3.31. The molecular formula is C60H115NO4. The molecule has 4 N–H and O–H groups in total. The number of aliphatic hydroxyl groups excluding tert-OH is 3. The van der Waals surface area contributed by atoms with E-state index in [0.29, 0.717) is 6.42 Å². The molecule has 0 spiro atoms. The lowest BCUT2D eigenvalue weighted by atomic mass is 10.0. The molecule has 0 heterocycles. The second-order valence-corrected chi connectivity index (χ2v) is 20.2. The van der Waals surface area contributed by atoms with E-state index in [4.69, 9.17) is 0 Å². The fourth-order valence-electron chi connectivity index (χ4n) is 9.16. The van der Waals surface area contributed by atoms with Gasteiger partial charge in [0.25, 0.3) is 0 Å². The van der Waals surface area contributed by atoms with Crippen LogP contribution in [0.5, 0.6) is 0 Å². The van der Waals surface area contributed by atoms with Crippen LogP contribution >= 0.6 is 0 Å². The number of carbonyl (C=O) groups is 1. The third-order valence-electron chi connectivity index (χ3n) is 13.7. The average molecular weight is 915 g/mol. The normalized spacial score (nSPS) is 13.5. The zero-order valence-corrected chi connectivity index (χ0v) is 43.9. The van der Waals surface area contributed by atoms with Crippen LogP contribution in [0, 0.1) is 0 Å². The molecule has 0 aliphatic heterocycles.